The van der Waals surface area contributed by atoms with Gasteiger partial charge in [0.1, 0.15) is 24.1 Å². The van der Waals surface area contributed by atoms with Crippen LogP contribution in [-0.4, -0.2) is 47.6 Å². The van der Waals surface area contributed by atoms with E-state index < -0.39 is 17.5 Å². The molecule has 4 aromatic rings. The number of hydrogen-bond acceptors (Lipinski definition) is 7. The minimum Gasteiger partial charge on any atom is -0.508 e. The zero-order valence-corrected chi connectivity index (χ0v) is 21.3. The predicted octanol–water partition coefficient (Wildman–Crippen LogP) is 3.63. The second-order valence-electron chi connectivity index (χ2n) is 9.84. The summed E-state index contributed by atoms with van der Waals surface area (Å²) >= 11 is 0. The first-order valence-electron chi connectivity index (χ1n) is 11.9. The van der Waals surface area contributed by atoms with Crippen LogP contribution in [0.1, 0.15) is 43.7 Å². The van der Waals surface area contributed by atoms with Gasteiger partial charge in [-0.1, -0.05) is 42.0 Å². The van der Waals surface area contributed by atoms with Gasteiger partial charge in [0.15, 0.2) is 0 Å². The lowest BCUT2D eigenvalue weighted by Crippen LogP contribution is -2.49. The van der Waals surface area contributed by atoms with Gasteiger partial charge in [0.05, 0.1) is 12.8 Å². The van der Waals surface area contributed by atoms with Crippen molar-refractivity contribution in [3.63, 3.8) is 0 Å². The number of rotatable bonds is 8. The fourth-order valence-electron chi connectivity index (χ4n) is 3.80. The van der Waals surface area contributed by atoms with Crippen LogP contribution in [-0.2, 0) is 22.7 Å². The van der Waals surface area contributed by atoms with E-state index in [1.807, 2.05) is 52.0 Å². The summed E-state index contributed by atoms with van der Waals surface area (Å²) in [4.78, 5) is 29.9. The largest absolute Gasteiger partial charge is 0.508 e. The third kappa shape index (κ3) is 6.60. The van der Waals surface area contributed by atoms with Crippen molar-refractivity contribution in [2.45, 2.75) is 52.4 Å². The third-order valence-electron chi connectivity index (χ3n) is 5.53. The Morgan fingerprint density at radius 3 is 2.41 bits per heavy atom. The number of aromatic nitrogens is 4. The molecule has 2 aromatic heterocycles. The second-order valence-corrected chi connectivity index (χ2v) is 9.84. The number of benzene rings is 2. The molecule has 10 nitrogen and oxygen atoms in total. The summed E-state index contributed by atoms with van der Waals surface area (Å²) < 4.78 is 5.51. The van der Waals surface area contributed by atoms with E-state index in [-0.39, 0.29) is 24.7 Å². The molecule has 0 fully saturated rings. The molecule has 1 atom stereocenters. The van der Waals surface area contributed by atoms with Gasteiger partial charge in [-0.25, -0.2) is 0 Å². The summed E-state index contributed by atoms with van der Waals surface area (Å²) in [6.45, 7) is 7.38. The van der Waals surface area contributed by atoms with Crippen molar-refractivity contribution < 1.29 is 19.1 Å². The fourth-order valence-corrected chi connectivity index (χ4v) is 3.80. The number of phenolic OH excluding ortho intramolecular Hbond substituents is 1. The molecule has 0 saturated heterocycles. The van der Waals surface area contributed by atoms with Crippen molar-refractivity contribution in [2.75, 3.05) is 0 Å². The van der Waals surface area contributed by atoms with E-state index in [2.05, 4.69) is 20.7 Å². The van der Waals surface area contributed by atoms with Gasteiger partial charge in [-0.05, 0) is 62.7 Å². The number of aromatic hydroxyl groups is 1. The van der Waals surface area contributed by atoms with Gasteiger partial charge in [-0.2, -0.15) is 4.80 Å². The maximum absolute atomic E-state index is 13.7. The van der Waals surface area contributed by atoms with Crippen LogP contribution in [0.3, 0.4) is 0 Å². The number of amides is 2. The van der Waals surface area contributed by atoms with Crippen LogP contribution in [0.2, 0.25) is 0 Å². The van der Waals surface area contributed by atoms with Crippen molar-refractivity contribution in [3.05, 3.63) is 83.8 Å². The first-order valence-corrected chi connectivity index (χ1v) is 11.9. The summed E-state index contributed by atoms with van der Waals surface area (Å²) in [5, 5.41) is 25.3. The molecule has 4 rings (SSSR count). The number of aryl methyl sites for hydroxylation is 1. The molecule has 0 bridgehead atoms. The van der Waals surface area contributed by atoms with Crippen LogP contribution in [0.5, 0.6) is 5.75 Å². The summed E-state index contributed by atoms with van der Waals surface area (Å²) in [6.07, 6.45) is 1.51. The van der Waals surface area contributed by atoms with E-state index >= 15 is 0 Å². The average molecular weight is 503 g/mol. The quantitative estimate of drug-likeness (QED) is 0.377. The smallest absolute Gasteiger partial charge is 0.247 e. The normalized spacial score (nSPS) is 12.2. The Bertz CT molecular complexity index is 1340. The van der Waals surface area contributed by atoms with Gasteiger partial charge >= 0.3 is 0 Å². The van der Waals surface area contributed by atoms with E-state index in [1.165, 1.54) is 28.1 Å². The molecule has 192 valence electrons. The van der Waals surface area contributed by atoms with Gasteiger partial charge in [0.2, 0.25) is 17.6 Å². The molecule has 37 heavy (non-hydrogen) atoms. The molecule has 0 unspecified atom stereocenters. The van der Waals surface area contributed by atoms with Gasteiger partial charge < -0.3 is 19.7 Å². The maximum Gasteiger partial charge on any atom is 0.247 e. The van der Waals surface area contributed by atoms with E-state index in [1.54, 1.807) is 24.3 Å². The van der Waals surface area contributed by atoms with E-state index in [9.17, 15) is 14.7 Å². The Labute approximate surface area is 214 Å². The monoisotopic (exact) mass is 502 g/mol. The Hall–Kier alpha value is -4.47. The van der Waals surface area contributed by atoms with Crippen LogP contribution < -0.4 is 5.32 Å². The summed E-state index contributed by atoms with van der Waals surface area (Å²) in [5.41, 5.74) is 1.88. The molecule has 0 aliphatic heterocycles. The van der Waals surface area contributed by atoms with Crippen LogP contribution in [0, 0.1) is 6.92 Å². The van der Waals surface area contributed by atoms with Crippen LogP contribution in [0.15, 0.2) is 71.3 Å². The standard InChI is InChI=1S/C27H30N6O4/c1-18-7-9-20(10-8-18)25-29-31-33(30-25)17-23(35)32(16-22-6-5-15-37-22)24(26(36)28-27(2,3)4)19-11-13-21(34)14-12-19/h5-15,24,34H,16-17H2,1-4H3,(H,28,36)/t24-/m1/s1. The zero-order valence-electron chi connectivity index (χ0n) is 21.3. The van der Waals surface area contributed by atoms with Crippen LogP contribution >= 0.6 is 0 Å². The highest BCUT2D eigenvalue weighted by Crippen LogP contribution is 2.27. The van der Waals surface area contributed by atoms with Crippen LogP contribution in [0.4, 0.5) is 0 Å². The molecule has 2 heterocycles. The maximum atomic E-state index is 13.7. The number of hydrogen-bond donors (Lipinski definition) is 2. The first kappa shape index (κ1) is 25.6. The molecule has 2 amide bonds. The van der Waals surface area contributed by atoms with Crippen molar-refractivity contribution in [2.24, 2.45) is 0 Å². The molecule has 0 aliphatic carbocycles. The highest BCUT2D eigenvalue weighted by Gasteiger charge is 2.34. The molecule has 0 spiro atoms. The summed E-state index contributed by atoms with van der Waals surface area (Å²) in [6, 6.07) is 16.3. The fraction of sp³-hybridized carbons (Fsp3) is 0.296. The molecule has 0 saturated carbocycles. The average Bonchev–Trinajstić information content (AvgIpc) is 3.51. The highest BCUT2D eigenvalue weighted by molar-refractivity contribution is 5.89. The number of tetrazole rings is 1. The van der Waals surface area contributed by atoms with Gasteiger partial charge in [0, 0.05) is 11.1 Å². The van der Waals surface area contributed by atoms with Gasteiger partial charge in [-0.3, -0.25) is 9.59 Å². The topological polar surface area (TPSA) is 126 Å². The third-order valence-corrected chi connectivity index (χ3v) is 5.53. The second kappa shape index (κ2) is 10.7. The van der Waals surface area contributed by atoms with Gasteiger partial charge in [-0.15, -0.1) is 10.2 Å². The Morgan fingerprint density at radius 1 is 1.08 bits per heavy atom. The SMILES string of the molecule is Cc1ccc(-c2nnn(CC(=O)N(Cc3ccco3)[C@@H](C(=O)NC(C)(C)C)c3ccc(O)cc3)n2)cc1. The molecule has 2 aromatic carbocycles. The molecular formula is C27H30N6O4. The summed E-state index contributed by atoms with van der Waals surface area (Å²) in [7, 11) is 0. The molecule has 10 heteroatoms. The summed E-state index contributed by atoms with van der Waals surface area (Å²) in [5.74, 6) is 0.174. The molecule has 0 radical (unpaired) electrons. The minimum absolute atomic E-state index is 0.0362. The van der Waals surface area contributed by atoms with E-state index in [4.69, 9.17) is 4.42 Å². The van der Waals surface area contributed by atoms with Crippen molar-refractivity contribution in [1.29, 1.82) is 0 Å². The Balaban J connectivity index is 1.66. The lowest BCUT2D eigenvalue weighted by Gasteiger charge is -2.33. The number of carbonyl (C=O) groups excluding carboxylic acids is 2. The van der Waals surface area contributed by atoms with E-state index in [0.29, 0.717) is 17.1 Å². The Morgan fingerprint density at radius 2 is 1.78 bits per heavy atom. The van der Waals surface area contributed by atoms with Crippen molar-refractivity contribution in [1.82, 2.24) is 30.4 Å². The van der Waals surface area contributed by atoms with Gasteiger partial charge in [0.25, 0.3) is 0 Å². The molecule has 0 aliphatic rings. The number of nitrogens with zero attached hydrogens (tertiary/aromatic N) is 5. The minimum atomic E-state index is -1.00. The first-order chi connectivity index (χ1) is 17.6. The predicted molar refractivity (Wildman–Crippen MR) is 136 cm³/mol. The Kier molecular flexibility index (Phi) is 7.37. The van der Waals surface area contributed by atoms with Crippen LogP contribution in [0.25, 0.3) is 11.4 Å². The van der Waals surface area contributed by atoms with Crippen molar-refractivity contribution in [3.8, 4) is 17.1 Å². The number of carbonyl (C=O) groups is 2. The lowest BCUT2D eigenvalue weighted by molar-refractivity contribution is -0.143. The van der Waals surface area contributed by atoms with E-state index in [0.717, 1.165) is 11.1 Å². The number of furan rings is 1. The lowest BCUT2D eigenvalue weighted by atomic mass is 10.0. The zero-order chi connectivity index (χ0) is 26.6. The molecule has 2 N–H and O–H groups in total. The molecular weight excluding hydrogens is 472 g/mol. The number of phenols is 1. The highest BCUT2D eigenvalue weighted by atomic mass is 16.3. The number of nitrogens with one attached hydrogen (secondary N) is 1. The van der Waals surface area contributed by atoms with Crippen molar-refractivity contribution >= 4 is 11.8 Å².